The highest BCUT2D eigenvalue weighted by molar-refractivity contribution is 7.89. The Morgan fingerprint density at radius 1 is 1.36 bits per heavy atom. The minimum atomic E-state index is -3.53. The van der Waals surface area contributed by atoms with E-state index in [1.165, 1.54) is 25.7 Å². The summed E-state index contributed by atoms with van der Waals surface area (Å²) in [5.41, 5.74) is 0.409. The van der Waals surface area contributed by atoms with Crippen LogP contribution in [0.3, 0.4) is 0 Å². The Morgan fingerprint density at radius 2 is 2.14 bits per heavy atom. The largest absolute Gasteiger partial charge is 0.360 e. The van der Waals surface area contributed by atoms with Gasteiger partial charge in [0.25, 0.3) is 0 Å². The zero-order chi connectivity index (χ0) is 16.2. The van der Waals surface area contributed by atoms with Gasteiger partial charge in [-0.05, 0) is 52.6 Å². The first kappa shape index (κ1) is 17.4. The average molecular weight is 329 g/mol. The molecule has 0 spiro atoms. The van der Waals surface area contributed by atoms with E-state index in [0.29, 0.717) is 24.0 Å². The molecule has 2 rings (SSSR count). The van der Waals surface area contributed by atoms with Crippen LogP contribution in [0, 0.1) is 13.8 Å². The van der Waals surface area contributed by atoms with Crippen molar-refractivity contribution in [2.24, 2.45) is 0 Å². The van der Waals surface area contributed by atoms with Crippen LogP contribution in [0.5, 0.6) is 0 Å². The van der Waals surface area contributed by atoms with Crippen molar-refractivity contribution in [2.45, 2.75) is 63.8 Å². The molecule has 22 heavy (non-hydrogen) atoms. The van der Waals surface area contributed by atoms with E-state index in [-0.39, 0.29) is 4.90 Å². The zero-order valence-electron chi connectivity index (χ0n) is 13.8. The van der Waals surface area contributed by atoms with Crippen LogP contribution in [0.15, 0.2) is 9.42 Å². The van der Waals surface area contributed by atoms with Gasteiger partial charge in [-0.15, -0.1) is 0 Å². The predicted octanol–water partition coefficient (Wildman–Crippen LogP) is 2.22. The molecule has 2 heterocycles. The molecular weight excluding hydrogens is 302 g/mol. The molecule has 7 heteroatoms. The zero-order valence-corrected chi connectivity index (χ0v) is 14.6. The van der Waals surface area contributed by atoms with E-state index in [9.17, 15) is 8.42 Å². The number of sulfonamides is 1. The molecule has 1 atom stereocenters. The first-order valence-electron chi connectivity index (χ1n) is 8.12. The monoisotopic (exact) mass is 329 g/mol. The van der Waals surface area contributed by atoms with Crippen molar-refractivity contribution in [1.29, 1.82) is 0 Å². The molecule has 1 fully saturated rings. The second-order valence-corrected chi connectivity index (χ2v) is 7.70. The number of rotatable bonds is 7. The van der Waals surface area contributed by atoms with Gasteiger partial charge in [-0.3, -0.25) is 0 Å². The van der Waals surface area contributed by atoms with Crippen LogP contribution in [-0.4, -0.2) is 44.2 Å². The van der Waals surface area contributed by atoms with Crippen molar-refractivity contribution in [3.8, 4) is 0 Å². The fourth-order valence-electron chi connectivity index (χ4n) is 3.24. The lowest BCUT2D eigenvalue weighted by Crippen LogP contribution is -2.40. The number of aromatic nitrogens is 1. The summed E-state index contributed by atoms with van der Waals surface area (Å²) < 4.78 is 32.2. The molecule has 1 N–H and O–H groups in total. The normalized spacial score (nSPS) is 20.4. The van der Waals surface area contributed by atoms with Crippen molar-refractivity contribution in [3.63, 3.8) is 0 Å². The molecule has 126 valence electrons. The molecule has 0 aliphatic carbocycles. The van der Waals surface area contributed by atoms with Gasteiger partial charge in [0, 0.05) is 12.6 Å². The topological polar surface area (TPSA) is 75.4 Å². The first-order valence-corrected chi connectivity index (χ1v) is 9.60. The summed E-state index contributed by atoms with van der Waals surface area (Å²) >= 11 is 0. The maximum Gasteiger partial charge on any atom is 0.245 e. The third-order valence-corrected chi connectivity index (χ3v) is 6.08. The van der Waals surface area contributed by atoms with Gasteiger partial charge in [0.05, 0.1) is 0 Å². The molecule has 0 bridgehead atoms. The summed E-state index contributed by atoms with van der Waals surface area (Å²) in [5.74, 6) is 0.340. The third-order valence-electron chi connectivity index (χ3n) is 4.37. The van der Waals surface area contributed by atoms with E-state index >= 15 is 0 Å². The van der Waals surface area contributed by atoms with Crippen LogP contribution < -0.4 is 4.72 Å². The Morgan fingerprint density at radius 3 is 2.77 bits per heavy atom. The van der Waals surface area contributed by atoms with Crippen LogP contribution in [0.1, 0.15) is 50.5 Å². The molecule has 1 saturated heterocycles. The van der Waals surface area contributed by atoms with Crippen molar-refractivity contribution in [3.05, 3.63) is 11.5 Å². The van der Waals surface area contributed by atoms with Gasteiger partial charge < -0.3 is 9.42 Å². The van der Waals surface area contributed by atoms with Gasteiger partial charge in [-0.25, -0.2) is 13.1 Å². The quantitative estimate of drug-likeness (QED) is 0.776. The maximum absolute atomic E-state index is 12.3. The molecule has 6 nitrogen and oxygen atoms in total. The average Bonchev–Trinajstić information content (AvgIpc) is 2.84. The van der Waals surface area contributed by atoms with E-state index in [0.717, 1.165) is 19.5 Å². The molecule has 0 aromatic carbocycles. The van der Waals surface area contributed by atoms with Crippen LogP contribution in [0.2, 0.25) is 0 Å². The number of piperidine rings is 1. The number of aryl methyl sites for hydroxylation is 2. The second-order valence-electron chi connectivity index (χ2n) is 6.00. The summed E-state index contributed by atoms with van der Waals surface area (Å²) in [6, 6.07) is 0.660. The Labute approximate surface area is 133 Å². The summed E-state index contributed by atoms with van der Waals surface area (Å²) in [5, 5.41) is 3.70. The number of hydrogen-bond acceptors (Lipinski definition) is 5. The van der Waals surface area contributed by atoms with E-state index in [1.807, 2.05) is 0 Å². The van der Waals surface area contributed by atoms with Gasteiger partial charge in [0.2, 0.25) is 10.0 Å². The Bertz CT molecular complexity index is 563. The van der Waals surface area contributed by atoms with Gasteiger partial charge in [-0.2, -0.15) is 0 Å². The van der Waals surface area contributed by atoms with Crippen LogP contribution >= 0.6 is 0 Å². The summed E-state index contributed by atoms with van der Waals surface area (Å²) in [6.07, 6.45) is 5.82. The fourth-order valence-corrected chi connectivity index (χ4v) is 4.64. The van der Waals surface area contributed by atoms with Crippen LogP contribution in [-0.2, 0) is 10.0 Å². The molecule has 1 aromatic heterocycles. The number of hydrogen-bond donors (Lipinski definition) is 1. The third kappa shape index (κ3) is 4.08. The fraction of sp³-hybridized carbons (Fsp3) is 0.800. The highest BCUT2D eigenvalue weighted by atomic mass is 32.2. The lowest BCUT2D eigenvalue weighted by atomic mass is 10.00. The van der Waals surface area contributed by atoms with E-state index in [2.05, 4.69) is 21.7 Å². The molecule has 0 radical (unpaired) electrons. The molecule has 0 amide bonds. The van der Waals surface area contributed by atoms with Crippen molar-refractivity contribution >= 4 is 10.0 Å². The van der Waals surface area contributed by atoms with Crippen molar-refractivity contribution in [1.82, 2.24) is 14.8 Å². The van der Waals surface area contributed by atoms with E-state index in [1.54, 1.807) is 13.8 Å². The maximum atomic E-state index is 12.3. The SMILES string of the molecule is CC[C@@H]1CCCCN1CCCNS(=O)(=O)c1c(C)noc1C. The number of nitrogens with zero attached hydrogens (tertiary/aromatic N) is 2. The standard InChI is InChI=1S/C15H27N3O3S/c1-4-14-8-5-6-10-18(14)11-7-9-16-22(19,20)15-12(2)17-21-13(15)3/h14,16H,4-11H2,1-3H3/t14-/m1/s1. The highest BCUT2D eigenvalue weighted by Crippen LogP contribution is 2.20. The molecular formula is C15H27N3O3S. The smallest absolute Gasteiger partial charge is 0.245 e. The Balaban J connectivity index is 1.83. The van der Waals surface area contributed by atoms with Gasteiger partial charge in [0.1, 0.15) is 10.6 Å². The van der Waals surface area contributed by atoms with Crippen molar-refractivity contribution in [2.75, 3.05) is 19.6 Å². The van der Waals surface area contributed by atoms with E-state index in [4.69, 9.17) is 4.52 Å². The summed E-state index contributed by atoms with van der Waals surface area (Å²) in [7, 11) is -3.53. The Kier molecular flexibility index (Phi) is 6.00. The Hall–Kier alpha value is -0.920. The minimum absolute atomic E-state index is 0.178. The predicted molar refractivity (Wildman–Crippen MR) is 85.3 cm³/mol. The van der Waals surface area contributed by atoms with Gasteiger partial charge in [0.15, 0.2) is 5.76 Å². The van der Waals surface area contributed by atoms with Crippen LogP contribution in [0.4, 0.5) is 0 Å². The van der Waals surface area contributed by atoms with Gasteiger partial charge in [-0.1, -0.05) is 18.5 Å². The van der Waals surface area contributed by atoms with Crippen molar-refractivity contribution < 1.29 is 12.9 Å². The van der Waals surface area contributed by atoms with Crippen LogP contribution in [0.25, 0.3) is 0 Å². The molecule has 1 aliphatic heterocycles. The summed E-state index contributed by atoms with van der Waals surface area (Å²) in [6.45, 7) is 8.01. The second kappa shape index (κ2) is 7.57. The molecule has 0 saturated carbocycles. The van der Waals surface area contributed by atoms with Gasteiger partial charge >= 0.3 is 0 Å². The summed E-state index contributed by atoms with van der Waals surface area (Å²) in [4.78, 5) is 2.67. The highest BCUT2D eigenvalue weighted by Gasteiger charge is 2.24. The number of nitrogens with one attached hydrogen (secondary N) is 1. The van der Waals surface area contributed by atoms with E-state index < -0.39 is 10.0 Å². The number of likely N-dealkylation sites (tertiary alicyclic amines) is 1. The lowest BCUT2D eigenvalue weighted by Gasteiger charge is -2.35. The lowest BCUT2D eigenvalue weighted by molar-refractivity contribution is 0.143. The molecule has 1 aliphatic rings. The first-order chi connectivity index (χ1) is 10.5. The minimum Gasteiger partial charge on any atom is -0.360 e. The molecule has 1 aromatic rings. The molecule has 0 unspecified atom stereocenters.